The fraction of sp³-hybridized carbons (Fsp3) is 0.267. The molecule has 0 amide bonds. The monoisotopic (exact) mass is 268 g/mol. The molecule has 5 heteroatoms. The first-order valence-corrected chi connectivity index (χ1v) is 6.36. The number of aromatic nitrogens is 2. The standard InChI is InChI=1S/C15H16N4O/c1-11(17)7-13-4-5-14(9-19-13)20-10-12-3-2-6-18-15(12)8-16/h2-6,9,11H,7,10,17H2,1H3. The fourth-order valence-electron chi connectivity index (χ4n) is 1.76. The molecule has 0 aliphatic carbocycles. The van der Waals surface area contributed by atoms with Crippen LogP contribution in [0.4, 0.5) is 0 Å². The molecule has 0 aliphatic heterocycles. The average molecular weight is 268 g/mol. The summed E-state index contributed by atoms with van der Waals surface area (Å²) in [5.74, 6) is 0.658. The molecule has 20 heavy (non-hydrogen) atoms. The molecule has 0 bridgehead atoms. The first kappa shape index (κ1) is 14.0. The normalized spacial score (nSPS) is 11.7. The van der Waals surface area contributed by atoms with E-state index in [-0.39, 0.29) is 6.04 Å². The van der Waals surface area contributed by atoms with Gasteiger partial charge in [-0.3, -0.25) is 4.98 Å². The molecule has 5 nitrogen and oxygen atoms in total. The van der Waals surface area contributed by atoms with Crippen LogP contribution >= 0.6 is 0 Å². The van der Waals surface area contributed by atoms with Crippen LogP contribution in [-0.4, -0.2) is 16.0 Å². The van der Waals surface area contributed by atoms with Crippen molar-refractivity contribution in [2.75, 3.05) is 0 Å². The van der Waals surface area contributed by atoms with Gasteiger partial charge in [0, 0.05) is 29.9 Å². The molecule has 0 radical (unpaired) electrons. The average Bonchev–Trinajstić information content (AvgIpc) is 2.46. The SMILES string of the molecule is CC(N)Cc1ccc(OCc2cccnc2C#N)cn1. The van der Waals surface area contributed by atoms with Crippen molar-refractivity contribution in [1.82, 2.24) is 9.97 Å². The van der Waals surface area contributed by atoms with Crippen molar-refractivity contribution in [3.63, 3.8) is 0 Å². The maximum absolute atomic E-state index is 8.94. The predicted octanol–water partition coefficient (Wildman–Crippen LogP) is 1.82. The van der Waals surface area contributed by atoms with E-state index in [0.717, 1.165) is 17.7 Å². The summed E-state index contributed by atoms with van der Waals surface area (Å²) in [6.07, 6.45) is 3.99. The van der Waals surface area contributed by atoms with E-state index in [1.54, 1.807) is 18.5 Å². The van der Waals surface area contributed by atoms with E-state index in [1.165, 1.54) is 0 Å². The van der Waals surface area contributed by atoms with Crippen molar-refractivity contribution in [1.29, 1.82) is 5.26 Å². The molecular formula is C15H16N4O. The molecule has 2 aromatic rings. The Hall–Kier alpha value is -2.45. The van der Waals surface area contributed by atoms with Gasteiger partial charge in [0.05, 0.1) is 6.20 Å². The highest BCUT2D eigenvalue weighted by Gasteiger charge is 2.04. The zero-order chi connectivity index (χ0) is 14.4. The number of hydrogen-bond donors (Lipinski definition) is 1. The maximum atomic E-state index is 8.94. The van der Waals surface area contributed by atoms with Gasteiger partial charge in [0.25, 0.3) is 0 Å². The fourth-order valence-corrected chi connectivity index (χ4v) is 1.76. The lowest BCUT2D eigenvalue weighted by atomic mass is 10.2. The summed E-state index contributed by atoms with van der Waals surface area (Å²) in [7, 11) is 0. The van der Waals surface area contributed by atoms with E-state index in [4.69, 9.17) is 15.7 Å². The molecule has 0 spiro atoms. The lowest BCUT2D eigenvalue weighted by molar-refractivity contribution is 0.304. The van der Waals surface area contributed by atoms with E-state index in [1.807, 2.05) is 31.2 Å². The van der Waals surface area contributed by atoms with Crippen molar-refractivity contribution in [2.45, 2.75) is 26.0 Å². The Kier molecular flexibility index (Phi) is 4.64. The van der Waals surface area contributed by atoms with Crippen LogP contribution in [-0.2, 0) is 13.0 Å². The number of rotatable bonds is 5. The minimum absolute atomic E-state index is 0.0860. The third kappa shape index (κ3) is 3.77. The second-order valence-electron chi connectivity index (χ2n) is 4.58. The van der Waals surface area contributed by atoms with E-state index >= 15 is 0 Å². The van der Waals surface area contributed by atoms with Gasteiger partial charge in [-0.05, 0) is 25.1 Å². The molecule has 0 fully saturated rings. The summed E-state index contributed by atoms with van der Waals surface area (Å²) in [6, 6.07) is 9.48. The predicted molar refractivity (Wildman–Crippen MR) is 74.9 cm³/mol. The molecule has 2 rings (SSSR count). The minimum atomic E-state index is 0.0860. The molecule has 0 aromatic carbocycles. The van der Waals surface area contributed by atoms with Crippen LogP contribution < -0.4 is 10.5 Å². The molecule has 0 saturated carbocycles. The number of pyridine rings is 2. The molecule has 102 valence electrons. The number of hydrogen-bond acceptors (Lipinski definition) is 5. The van der Waals surface area contributed by atoms with Gasteiger partial charge in [-0.1, -0.05) is 6.07 Å². The summed E-state index contributed by atoms with van der Waals surface area (Å²) >= 11 is 0. The van der Waals surface area contributed by atoms with Crippen LogP contribution in [0.3, 0.4) is 0 Å². The smallest absolute Gasteiger partial charge is 0.147 e. The molecule has 2 N–H and O–H groups in total. The lowest BCUT2D eigenvalue weighted by Crippen LogP contribution is -2.18. The number of ether oxygens (including phenoxy) is 1. The van der Waals surface area contributed by atoms with Crippen molar-refractivity contribution < 1.29 is 4.74 Å². The summed E-state index contributed by atoms with van der Waals surface area (Å²) in [6.45, 7) is 2.24. The van der Waals surface area contributed by atoms with Crippen LogP contribution in [0.1, 0.15) is 23.9 Å². The zero-order valence-corrected chi connectivity index (χ0v) is 11.3. The first-order valence-electron chi connectivity index (χ1n) is 6.36. The largest absolute Gasteiger partial charge is 0.487 e. The van der Waals surface area contributed by atoms with Crippen LogP contribution in [0.5, 0.6) is 5.75 Å². The third-order valence-electron chi connectivity index (χ3n) is 2.72. The summed E-state index contributed by atoms with van der Waals surface area (Å²) in [5.41, 5.74) is 7.80. The minimum Gasteiger partial charge on any atom is -0.487 e. The summed E-state index contributed by atoms with van der Waals surface area (Å²) in [5, 5.41) is 8.94. The Morgan fingerprint density at radius 2 is 2.20 bits per heavy atom. The van der Waals surface area contributed by atoms with Crippen LogP contribution in [0.2, 0.25) is 0 Å². The summed E-state index contributed by atoms with van der Waals surface area (Å²) < 4.78 is 5.61. The van der Waals surface area contributed by atoms with Crippen molar-refractivity contribution in [2.24, 2.45) is 5.73 Å². The zero-order valence-electron chi connectivity index (χ0n) is 11.3. The Morgan fingerprint density at radius 1 is 1.35 bits per heavy atom. The topological polar surface area (TPSA) is 84.8 Å². The Morgan fingerprint density at radius 3 is 2.85 bits per heavy atom. The van der Waals surface area contributed by atoms with Crippen molar-refractivity contribution in [3.05, 3.63) is 53.6 Å². The quantitative estimate of drug-likeness (QED) is 0.894. The number of nitrogens with zero attached hydrogens (tertiary/aromatic N) is 3. The Labute approximate surface area is 118 Å². The van der Waals surface area contributed by atoms with E-state index < -0.39 is 0 Å². The van der Waals surface area contributed by atoms with Gasteiger partial charge < -0.3 is 10.5 Å². The van der Waals surface area contributed by atoms with Gasteiger partial charge in [-0.25, -0.2) is 4.98 Å². The molecule has 1 unspecified atom stereocenters. The number of nitriles is 1. The van der Waals surface area contributed by atoms with Crippen molar-refractivity contribution in [3.8, 4) is 11.8 Å². The first-order chi connectivity index (χ1) is 9.69. The van der Waals surface area contributed by atoms with Gasteiger partial charge in [0.2, 0.25) is 0 Å². The Bertz CT molecular complexity index is 602. The summed E-state index contributed by atoms with van der Waals surface area (Å²) in [4.78, 5) is 8.27. The molecule has 1 atom stereocenters. The Balaban J connectivity index is 1.99. The second-order valence-corrected chi connectivity index (χ2v) is 4.58. The van der Waals surface area contributed by atoms with Gasteiger partial charge in [-0.2, -0.15) is 5.26 Å². The highest BCUT2D eigenvalue weighted by Crippen LogP contribution is 2.13. The molecule has 2 aromatic heterocycles. The highest BCUT2D eigenvalue weighted by atomic mass is 16.5. The van der Waals surface area contributed by atoms with Gasteiger partial charge >= 0.3 is 0 Å². The second kappa shape index (κ2) is 6.64. The molecule has 2 heterocycles. The van der Waals surface area contributed by atoms with E-state index in [0.29, 0.717) is 18.1 Å². The van der Waals surface area contributed by atoms with Crippen molar-refractivity contribution >= 4 is 0 Å². The van der Waals surface area contributed by atoms with Crippen LogP contribution in [0.25, 0.3) is 0 Å². The highest BCUT2D eigenvalue weighted by molar-refractivity contribution is 5.30. The van der Waals surface area contributed by atoms with Gasteiger partial charge in [0.15, 0.2) is 0 Å². The van der Waals surface area contributed by atoms with E-state index in [9.17, 15) is 0 Å². The van der Waals surface area contributed by atoms with Crippen LogP contribution in [0, 0.1) is 11.3 Å². The molecule has 0 saturated heterocycles. The lowest BCUT2D eigenvalue weighted by Gasteiger charge is -2.08. The maximum Gasteiger partial charge on any atom is 0.147 e. The number of nitrogens with two attached hydrogens (primary N) is 1. The van der Waals surface area contributed by atoms with Gasteiger partial charge in [-0.15, -0.1) is 0 Å². The van der Waals surface area contributed by atoms with E-state index in [2.05, 4.69) is 9.97 Å². The molecular weight excluding hydrogens is 252 g/mol. The van der Waals surface area contributed by atoms with Crippen LogP contribution in [0.15, 0.2) is 36.7 Å². The third-order valence-corrected chi connectivity index (χ3v) is 2.72. The molecule has 0 aliphatic rings. The van der Waals surface area contributed by atoms with Gasteiger partial charge in [0.1, 0.15) is 24.1 Å².